The summed E-state index contributed by atoms with van der Waals surface area (Å²) in [6, 6.07) is 7.83. The molecule has 0 heterocycles. The molecule has 0 aliphatic heterocycles. The van der Waals surface area contributed by atoms with Crippen molar-refractivity contribution in [1.82, 2.24) is 0 Å². The van der Waals surface area contributed by atoms with Crippen LogP contribution in [0.2, 0.25) is 0 Å². The highest BCUT2D eigenvalue weighted by molar-refractivity contribution is 9.10. The summed E-state index contributed by atoms with van der Waals surface area (Å²) in [5.74, 6) is 0. The Hall–Kier alpha value is -0.410. The maximum Gasteiger partial charge on any atom is 0.0658 e. The van der Waals surface area contributed by atoms with Crippen LogP contribution in [0, 0.1) is 0 Å². The lowest BCUT2D eigenvalue weighted by molar-refractivity contribution is 1.62. The Bertz CT molecular complexity index is 237. The molecule has 0 radical (unpaired) electrons. The van der Waals surface area contributed by atoms with Crippen molar-refractivity contribution in [3.63, 3.8) is 0 Å². The van der Waals surface area contributed by atoms with Crippen LogP contribution in [0.4, 0.5) is 5.69 Å². The minimum absolute atomic E-state index is 1.00. The summed E-state index contributed by atoms with van der Waals surface area (Å²) in [4.78, 5) is 0. The maximum atomic E-state index is 4.63. The van der Waals surface area contributed by atoms with E-state index in [4.69, 9.17) is 0 Å². The van der Waals surface area contributed by atoms with E-state index in [0.29, 0.717) is 0 Å². The molecule has 3 heteroatoms. The van der Waals surface area contributed by atoms with E-state index in [1.165, 1.54) is 5.49 Å². The van der Waals surface area contributed by atoms with Crippen molar-refractivity contribution in [2.45, 2.75) is 0 Å². The van der Waals surface area contributed by atoms with Crippen molar-refractivity contribution in [2.24, 2.45) is 0 Å². The fourth-order valence-electron chi connectivity index (χ4n) is 0.646. The van der Waals surface area contributed by atoms with Gasteiger partial charge in [-0.25, -0.2) is 0 Å². The standard InChI is InChI=1S/C7H6BrNS/c8-6-2-1-3-7(4-6)9-5-10/h1-5H,(H,9,10). The van der Waals surface area contributed by atoms with E-state index in [-0.39, 0.29) is 0 Å². The Balaban J connectivity index is 2.84. The zero-order valence-electron chi connectivity index (χ0n) is 5.17. The molecular weight excluding hydrogens is 210 g/mol. The normalized spacial score (nSPS) is 8.90. The van der Waals surface area contributed by atoms with Gasteiger partial charge in [0.25, 0.3) is 0 Å². The van der Waals surface area contributed by atoms with E-state index in [9.17, 15) is 0 Å². The van der Waals surface area contributed by atoms with Crippen LogP contribution in [-0.2, 0) is 0 Å². The molecule has 1 N–H and O–H groups in total. The van der Waals surface area contributed by atoms with Gasteiger partial charge >= 0.3 is 0 Å². The number of halogens is 1. The Labute approximate surface area is 73.6 Å². The van der Waals surface area contributed by atoms with Crippen molar-refractivity contribution >= 4 is 39.3 Å². The SMILES string of the molecule is S=CNc1cccc(Br)c1. The summed E-state index contributed by atoms with van der Waals surface area (Å²) in [5.41, 5.74) is 2.49. The summed E-state index contributed by atoms with van der Waals surface area (Å²) in [5, 5.41) is 2.91. The number of benzene rings is 1. The van der Waals surface area contributed by atoms with Crippen LogP contribution in [0.1, 0.15) is 0 Å². The largest absolute Gasteiger partial charge is 0.353 e. The van der Waals surface area contributed by atoms with E-state index >= 15 is 0 Å². The lowest BCUT2D eigenvalue weighted by Crippen LogP contribution is -1.90. The zero-order valence-corrected chi connectivity index (χ0v) is 7.58. The molecule has 1 aromatic carbocycles. The molecule has 0 saturated carbocycles. The minimum atomic E-state index is 1.00. The molecule has 0 saturated heterocycles. The molecule has 0 fully saturated rings. The number of anilines is 1. The first-order chi connectivity index (χ1) is 4.83. The highest BCUT2D eigenvalue weighted by atomic mass is 79.9. The number of hydrogen-bond acceptors (Lipinski definition) is 1. The van der Waals surface area contributed by atoms with Gasteiger partial charge in [-0.15, -0.1) is 0 Å². The Morgan fingerprint density at radius 1 is 1.50 bits per heavy atom. The van der Waals surface area contributed by atoms with E-state index in [1.807, 2.05) is 24.3 Å². The van der Waals surface area contributed by atoms with Gasteiger partial charge in [-0.3, -0.25) is 0 Å². The van der Waals surface area contributed by atoms with Gasteiger partial charge in [0, 0.05) is 10.2 Å². The van der Waals surface area contributed by atoms with Gasteiger partial charge < -0.3 is 5.32 Å². The summed E-state index contributed by atoms with van der Waals surface area (Å²) < 4.78 is 1.05. The van der Waals surface area contributed by atoms with E-state index in [1.54, 1.807) is 0 Å². The minimum Gasteiger partial charge on any atom is -0.353 e. The molecule has 0 aromatic heterocycles. The Morgan fingerprint density at radius 3 is 2.90 bits per heavy atom. The molecule has 1 nitrogen and oxygen atoms in total. The first-order valence-electron chi connectivity index (χ1n) is 2.78. The molecule has 0 bridgehead atoms. The third-order valence-electron chi connectivity index (χ3n) is 1.05. The molecule has 0 aliphatic rings. The summed E-state index contributed by atoms with van der Waals surface area (Å²) in [6.07, 6.45) is 0. The van der Waals surface area contributed by atoms with Crippen LogP contribution in [0.15, 0.2) is 28.7 Å². The number of rotatable bonds is 2. The molecule has 1 rings (SSSR count). The van der Waals surface area contributed by atoms with Gasteiger partial charge in [-0.2, -0.15) is 0 Å². The average molecular weight is 216 g/mol. The van der Waals surface area contributed by atoms with Crippen molar-refractivity contribution in [3.8, 4) is 0 Å². The van der Waals surface area contributed by atoms with E-state index < -0.39 is 0 Å². The fourth-order valence-corrected chi connectivity index (χ4v) is 1.18. The monoisotopic (exact) mass is 215 g/mol. The first kappa shape index (κ1) is 7.69. The highest BCUT2D eigenvalue weighted by Crippen LogP contribution is 2.14. The molecule has 52 valence electrons. The molecule has 0 atom stereocenters. The van der Waals surface area contributed by atoms with E-state index in [0.717, 1.165) is 10.2 Å². The van der Waals surface area contributed by atoms with Crippen LogP contribution in [0.3, 0.4) is 0 Å². The van der Waals surface area contributed by atoms with Gasteiger partial charge in [0.05, 0.1) is 5.49 Å². The highest BCUT2D eigenvalue weighted by Gasteiger charge is 1.87. The van der Waals surface area contributed by atoms with Crippen molar-refractivity contribution in [3.05, 3.63) is 28.7 Å². The smallest absolute Gasteiger partial charge is 0.0658 e. The number of hydrogen-bond donors (Lipinski definition) is 1. The van der Waals surface area contributed by atoms with Gasteiger partial charge in [0.15, 0.2) is 0 Å². The molecule has 10 heavy (non-hydrogen) atoms. The lowest BCUT2D eigenvalue weighted by Gasteiger charge is -1.97. The topological polar surface area (TPSA) is 12.0 Å². The van der Waals surface area contributed by atoms with Gasteiger partial charge in [0.2, 0.25) is 0 Å². The van der Waals surface area contributed by atoms with Crippen molar-refractivity contribution in [2.75, 3.05) is 5.32 Å². The lowest BCUT2D eigenvalue weighted by atomic mass is 10.3. The molecule has 0 spiro atoms. The van der Waals surface area contributed by atoms with Crippen LogP contribution in [-0.4, -0.2) is 5.49 Å². The molecule has 0 aliphatic carbocycles. The Morgan fingerprint density at radius 2 is 2.30 bits per heavy atom. The third-order valence-corrected chi connectivity index (χ3v) is 1.66. The van der Waals surface area contributed by atoms with Gasteiger partial charge in [-0.1, -0.05) is 34.2 Å². The Kier molecular flexibility index (Phi) is 2.83. The second-order valence-corrected chi connectivity index (χ2v) is 2.92. The molecule has 0 amide bonds. The predicted octanol–water partition coefficient (Wildman–Crippen LogP) is 2.82. The number of nitrogens with one attached hydrogen (secondary N) is 1. The average Bonchev–Trinajstić information content (AvgIpc) is 1.88. The fraction of sp³-hybridized carbons (Fsp3) is 0. The quantitative estimate of drug-likeness (QED) is 0.763. The van der Waals surface area contributed by atoms with Crippen LogP contribution >= 0.6 is 28.1 Å². The second-order valence-electron chi connectivity index (χ2n) is 1.77. The first-order valence-corrected chi connectivity index (χ1v) is 4.05. The van der Waals surface area contributed by atoms with Crippen LogP contribution in [0.5, 0.6) is 0 Å². The van der Waals surface area contributed by atoms with E-state index in [2.05, 4.69) is 33.5 Å². The number of thiocarbonyl (C=S) groups is 1. The van der Waals surface area contributed by atoms with Crippen LogP contribution < -0.4 is 5.32 Å². The predicted molar refractivity (Wildman–Crippen MR) is 51.4 cm³/mol. The second kappa shape index (κ2) is 3.68. The van der Waals surface area contributed by atoms with Crippen LogP contribution in [0.25, 0.3) is 0 Å². The van der Waals surface area contributed by atoms with Crippen molar-refractivity contribution < 1.29 is 0 Å². The molecule has 1 aromatic rings. The van der Waals surface area contributed by atoms with Gasteiger partial charge in [-0.05, 0) is 18.2 Å². The maximum absolute atomic E-state index is 4.63. The molecular formula is C7H6BrNS. The third kappa shape index (κ3) is 2.08. The zero-order chi connectivity index (χ0) is 7.40. The van der Waals surface area contributed by atoms with Gasteiger partial charge in [0.1, 0.15) is 0 Å². The summed E-state index contributed by atoms with van der Waals surface area (Å²) >= 11 is 7.97. The van der Waals surface area contributed by atoms with Crippen molar-refractivity contribution in [1.29, 1.82) is 0 Å². The molecule has 0 unspecified atom stereocenters. The summed E-state index contributed by atoms with van der Waals surface area (Å²) in [6.45, 7) is 0. The summed E-state index contributed by atoms with van der Waals surface area (Å²) in [7, 11) is 0.